The van der Waals surface area contributed by atoms with Crippen LogP contribution in [0.3, 0.4) is 0 Å². The van der Waals surface area contributed by atoms with Gasteiger partial charge in [-0.15, -0.1) is 11.3 Å². The average molecular weight is 422 g/mol. The molecule has 0 saturated carbocycles. The van der Waals surface area contributed by atoms with E-state index in [0.29, 0.717) is 15.7 Å². The van der Waals surface area contributed by atoms with Crippen molar-refractivity contribution in [2.45, 2.75) is 20.0 Å². The number of nitrogens with one attached hydrogen (secondary N) is 2. The molecule has 2 amide bonds. The lowest BCUT2D eigenvalue weighted by atomic mass is 10.2. The lowest BCUT2D eigenvalue weighted by Gasteiger charge is -2.12. The van der Waals surface area contributed by atoms with Gasteiger partial charge in [-0.1, -0.05) is 35.0 Å². The molecule has 8 nitrogen and oxygen atoms in total. The maximum atomic E-state index is 12.3. The Morgan fingerprint density at radius 2 is 2.07 bits per heavy atom. The molecule has 0 saturated heterocycles. The molecule has 2 aromatic heterocycles. The third-order valence-corrected chi connectivity index (χ3v) is 5.37. The summed E-state index contributed by atoms with van der Waals surface area (Å²) in [5.41, 5.74) is 0. The molecule has 0 spiro atoms. The first-order valence-electron chi connectivity index (χ1n) is 8.24. The van der Waals surface area contributed by atoms with Crippen LogP contribution in [0.25, 0.3) is 10.1 Å². The summed E-state index contributed by atoms with van der Waals surface area (Å²) in [5, 5.41) is 9.64. The van der Waals surface area contributed by atoms with E-state index in [1.807, 2.05) is 24.3 Å². The van der Waals surface area contributed by atoms with E-state index in [2.05, 4.69) is 15.8 Å². The molecule has 146 valence electrons. The number of aryl methyl sites for hydroxylation is 1. The van der Waals surface area contributed by atoms with Gasteiger partial charge in [0, 0.05) is 16.2 Å². The number of halogens is 1. The van der Waals surface area contributed by atoms with Crippen LogP contribution >= 0.6 is 22.9 Å². The van der Waals surface area contributed by atoms with E-state index in [1.165, 1.54) is 24.3 Å². The molecule has 0 bridgehead atoms. The Morgan fingerprint density at radius 3 is 2.75 bits per heavy atom. The molecule has 3 rings (SSSR count). The van der Waals surface area contributed by atoms with Crippen molar-refractivity contribution in [3.8, 4) is 0 Å². The van der Waals surface area contributed by atoms with Gasteiger partial charge in [0.15, 0.2) is 11.9 Å². The standard InChI is InChI=1S/C18H16ClN3O5S/c1-9-7-13(22-27-9)21-17(24)10(2)26-14(23)8-20-18(25)16-15(19)11-5-3-4-6-12(11)28-16/h3-7,10H,8H2,1-2H3,(H,20,25)(H,21,22,24). The number of rotatable bonds is 6. The summed E-state index contributed by atoms with van der Waals surface area (Å²) in [6.07, 6.45) is -1.07. The topological polar surface area (TPSA) is 111 Å². The number of amides is 2. The van der Waals surface area contributed by atoms with Crippen LogP contribution in [0.15, 0.2) is 34.9 Å². The van der Waals surface area contributed by atoms with Crippen molar-refractivity contribution in [2.75, 3.05) is 11.9 Å². The van der Waals surface area contributed by atoms with Crippen molar-refractivity contribution < 1.29 is 23.6 Å². The zero-order valence-corrected chi connectivity index (χ0v) is 16.5. The Labute approximate surface area is 168 Å². The number of fused-ring (bicyclic) bond motifs is 1. The first-order chi connectivity index (χ1) is 13.3. The van der Waals surface area contributed by atoms with Gasteiger partial charge >= 0.3 is 5.97 Å². The second kappa shape index (κ2) is 8.41. The summed E-state index contributed by atoms with van der Waals surface area (Å²) >= 11 is 7.47. The highest BCUT2D eigenvalue weighted by Gasteiger charge is 2.21. The first kappa shape index (κ1) is 19.8. The predicted molar refractivity (Wildman–Crippen MR) is 105 cm³/mol. The molecule has 1 aromatic carbocycles. The van der Waals surface area contributed by atoms with Gasteiger partial charge in [-0.3, -0.25) is 14.4 Å². The summed E-state index contributed by atoms with van der Waals surface area (Å²) in [7, 11) is 0. The van der Waals surface area contributed by atoms with Crippen molar-refractivity contribution in [1.82, 2.24) is 10.5 Å². The molecule has 3 aromatic rings. The van der Waals surface area contributed by atoms with Crippen LogP contribution < -0.4 is 10.6 Å². The van der Waals surface area contributed by atoms with Crippen LogP contribution in [-0.2, 0) is 14.3 Å². The number of carbonyl (C=O) groups excluding carboxylic acids is 3. The Hall–Kier alpha value is -2.91. The highest BCUT2D eigenvalue weighted by atomic mass is 35.5. The van der Waals surface area contributed by atoms with Gasteiger partial charge in [0.05, 0.1) is 5.02 Å². The Kier molecular flexibility index (Phi) is 5.96. The molecule has 1 atom stereocenters. The summed E-state index contributed by atoms with van der Waals surface area (Å²) in [4.78, 5) is 36.5. The van der Waals surface area contributed by atoms with Gasteiger partial charge < -0.3 is 19.9 Å². The quantitative estimate of drug-likeness (QED) is 0.591. The van der Waals surface area contributed by atoms with Gasteiger partial charge in [0.1, 0.15) is 17.2 Å². The van der Waals surface area contributed by atoms with Crippen LogP contribution in [-0.4, -0.2) is 35.6 Å². The third kappa shape index (κ3) is 4.49. The smallest absolute Gasteiger partial charge is 0.326 e. The number of thiophene rings is 1. The molecule has 0 radical (unpaired) electrons. The normalized spacial score (nSPS) is 11.8. The van der Waals surface area contributed by atoms with Crippen LogP contribution in [0.4, 0.5) is 5.82 Å². The minimum Gasteiger partial charge on any atom is -0.451 e. The zero-order valence-electron chi connectivity index (χ0n) is 14.9. The second-order valence-corrected chi connectivity index (χ2v) is 7.30. The van der Waals surface area contributed by atoms with Crippen molar-refractivity contribution in [1.29, 1.82) is 0 Å². The van der Waals surface area contributed by atoms with Gasteiger partial charge in [-0.2, -0.15) is 0 Å². The van der Waals surface area contributed by atoms with Crippen LogP contribution in [0.5, 0.6) is 0 Å². The molecule has 10 heteroatoms. The number of benzene rings is 1. The molecular weight excluding hydrogens is 406 g/mol. The molecule has 0 aliphatic carbocycles. The average Bonchev–Trinajstić information content (AvgIpc) is 3.23. The minimum atomic E-state index is -1.07. The van der Waals surface area contributed by atoms with Crippen molar-refractivity contribution >= 4 is 56.6 Å². The number of nitrogens with zero attached hydrogens (tertiary/aromatic N) is 1. The fourth-order valence-corrected chi connectivity index (χ4v) is 3.77. The summed E-state index contributed by atoms with van der Waals surface area (Å²) < 4.78 is 10.7. The molecule has 1 unspecified atom stereocenters. The van der Waals surface area contributed by atoms with E-state index in [4.69, 9.17) is 20.9 Å². The SMILES string of the molecule is Cc1cc(NC(=O)C(C)OC(=O)CNC(=O)c2sc3ccccc3c2Cl)no1. The molecule has 2 heterocycles. The number of anilines is 1. The summed E-state index contributed by atoms with van der Waals surface area (Å²) in [6, 6.07) is 8.87. The summed E-state index contributed by atoms with van der Waals surface area (Å²) in [6.45, 7) is 2.69. The van der Waals surface area contributed by atoms with Gasteiger partial charge in [-0.05, 0) is 19.9 Å². The maximum Gasteiger partial charge on any atom is 0.326 e. The van der Waals surface area contributed by atoms with E-state index < -0.39 is 30.4 Å². The lowest BCUT2D eigenvalue weighted by molar-refractivity contribution is -0.152. The summed E-state index contributed by atoms with van der Waals surface area (Å²) in [5.74, 6) is -1.07. The van der Waals surface area contributed by atoms with Crippen molar-refractivity contribution in [3.05, 3.63) is 46.0 Å². The Morgan fingerprint density at radius 1 is 1.32 bits per heavy atom. The highest BCUT2D eigenvalue weighted by Crippen LogP contribution is 2.34. The number of hydrogen-bond donors (Lipinski definition) is 2. The van der Waals surface area contributed by atoms with Gasteiger partial charge in [0.2, 0.25) is 0 Å². The largest absolute Gasteiger partial charge is 0.451 e. The zero-order chi connectivity index (χ0) is 20.3. The van der Waals surface area contributed by atoms with Crippen molar-refractivity contribution in [2.24, 2.45) is 0 Å². The second-order valence-electron chi connectivity index (χ2n) is 5.87. The Bertz CT molecular complexity index is 1040. The van der Waals surface area contributed by atoms with E-state index >= 15 is 0 Å². The van der Waals surface area contributed by atoms with Crippen LogP contribution in [0.1, 0.15) is 22.4 Å². The fraction of sp³-hybridized carbons (Fsp3) is 0.222. The molecule has 28 heavy (non-hydrogen) atoms. The molecule has 0 fully saturated rings. The van der Waals surface area contributed by atoms with E-state index in [0.717, 1.165) is 10.1 Å². The van der Waals surface area contributed by atoms with Crippen molar-refractivity contribution in [3.63, 3.8) is 0 Å². The molecular formula is C18H16ClN3O5S. The molecule has 2 N–H and O–H groups in total. The van der Waals surface area contributed by atoms with Gasteiger partial charge in [0.25, 0.3) is 11.8 Å². The van der Waals surface area contributed by atoms with E-state index in [1.54, 1.807) is 6.92 Å². The number of ether oxygens (including phenoxy) is 1. The first-order valence-corrected chi connectivity index (χ1v) is 9.43. The monoisotopic (exact) mass is 421 g/mol. The molecule has 0 aliphatic rings. The number of hydrogen-bond acceptors (Lipinski definition) is 7. The predicted octanol–water partition coefficient (Wildman–Crippen LogP) is 3.15. The van der Waals surface area contributed by atoms with E-state index in [-0.39, 0.29) is 5.82 Å². The lowest BCUT2D eigenvalue weighted by Crippen LogP contribution is -2.35. The van der Waals surface area contributed by atoms with Crippen LogP contribution in [0, 0.1) is 6.92 Å². The fourth-order valence-electron chi connectivity index (χ4n) is 2.34. The maximum absolute atomic E-state index is 12.3. The molecule has 0 aliphatic heterocycles. The number of esters is 1. The minimum absolute atomic E-state index is 0.220. The van der Waals surface area contributed by atoms with Crippen LogP contribution in [0.2, 0.25) is 5.02 Å². The highest BCUT2D eigenvalue weighted by molar-refractivity contribution is 7.21. The van der Waals surface area contributed by atoms with E-state index in [9.17, 15) is 14.4 Å². The third-order valence-electron chi connectivity index (χ3n) is 3.69. The Balaban J connectivity index is 1.52. The number of aromatic nitrogens is 1. The van der Waals surface area contributed by atoms with Gasteiger partial charge in [-0.25, -0.2) is 0 Å². The number of carbonyl (C=O) groups is 3.